The molecule has 7 heteroatoms. The number of benzene rings is 1. The average molecular weight is 353 g/mol. The third kappa shape index (κ3) is 4.77. The summed E-state index contributed by atoms with van der Waals surface area (Å²) in [7, 11) is -1.28. The van der Waals surface area contributed by atoms with E-state index in [0.29, 0.717) is 13.1 Å². The number of nitrogens with zero attached hydrogens (tertiary/aromatic N) is 3. The molecule has 0 radical (unpaired) electrons. The molecule has 2 saturated heterocycles. The molecule has 0 amide bonds. The van der Waals surface area contributed by atoms with Crippen molar-refractivity contribution in [2.24, 2.45) is 0 Å². The lowest BCUT2D eigenvalue weighted by atomic mass is 10.1. The Kier molecular flexibility index (Phi) is 5.89. The van der Waals surface area contributed by atoms with Crippen LogP contribution < -0.4 is 4.72 Å². The first-order chi connectivity index (χ1) is 11.5. The maximum Gasteiger partial charge on any atom is 0.279 e. The lowest BCUT2D eigenvalue weighted by molar-refractivity contribution is 0.178. The summed E-state index contributed by atoms with van der Waals surface area (Å²) < 4.78 is 29.7. The van der Waals surface area contributed by atoms with Crippen LogP contribution in [-0.4, -0.2) is 74.9 Å². The number of hydrogen-bond donors (Lipinski definition) is 1. The Hall–Kier alpha value is -0.990. The minimum absolute atomic E-state index is 0.0774. The van der Waals surface area contributed by atoms with E-state index in [0.717, 1.165) is 45.6 Å². The van der Waals surface area contributed by atoms with E-state index in [1.54, 1.807) is 4.31 Å². The Labute approximate surface area is 145 Å². The van der Waals surface area contributed by atoms with Crippen LogP contribution in [0.1, 0.15) is 18.4 Å². The number of piperazine rings is 1. The molecule has 134 valence electrons. The first-order valence-corrected chi connectivity index (χ1v) is 10.2. The molecule has 2 aliphatic rings. The highest BCUT2D eigenvalue weighted by Gasteiger charge is 2.29. The third-order valence-corrected chi connectivity index (χ3v) is 6.63. The highest BCUT2D eigenvalue weighted by Crippen LogP contribution is 2.14. The van der Waals surface area contributed by atoms with E-state index < -0.39 is 10.2 Å². The monoisotopic (exact) mass is 352 g/mol. The van der Waals surface area contributed by atoms with Gasteiger partial charge in [-0.15, -0.1) is 0 Å². The summed E-state index contributed by atoms with van der Waals surface area (Å²) in [5, 5.41) is 0. The van der Waals surface area contributed by atoms with Crippen molar-refractivity contribution in [3.8, 4) is 0 Å². The topological polar surface area (TPSA) is 55.9 Å². The van der Waals surface area contributed by atoms with Gasteiger partial charge in [-0.05, 0) is 38.5 Å². The van der Waals surface area contributed by atoms with Crippen LogP contribution in [0.15, 0.2) is 30.3 Å². The van der Waals surface area contributed by atoms with Crippen LogP contribution >= 0.6 is 0 Å². The van der Waals surface area contributed by atoms with Crippen molar-refractivity contribution in [1.29, 1.82) is 0 Å². The van der Waals surface area contributed by atoms with E-state index in [2.05, 4.69) is 33.7 Å². The third-order valence-electron chi connectivity index (χ3n) is 4.95. The van der Waals surface area contributed by atoms with Gasteiger partial charge in [0.25, 0.3) is 10.2 Å². The van der Waals surface area contributed by atoms with Crippen molar-refractivity contribution in [3.63, 3.8) is 0 Å². The second-order valence-corrected chi connectivity index (χ2v) is 8.56. The molecule has 24 heavy (non-hydrogen) atoms. The van der Waals surface area contributed by atoms with Crippen molar-refractivity contribution in [2.75, 3.05) is 46.3 Å². The fourth-order valence-electron chi connectivity index (χ4n) is 3.38. The Morgan fingerprint density at radius 2 is 1.62 bits per heavy atom. The van der Waals surface area contributed by atoms with Crippen molar-refractivity contribution in [3.05, 3.63) is 35.9 Å². The zero-order valence-electron chi connectivity index (χ0n) is 14.4. The summed E-state index contributed by atoms with van der Waals surface area (Å²) in [6.45, 7) is 5.49. The van der Waals surface area contributed by atoms with Crippen molar-refractivity contribution < 1.29 is 8.42 Å². The molecule has 1 aromatic rings. The molecular weight excluding hydrogens is 324 g/mol. The molecule has 0 unspecified atom stereocenters. The number of hydrogen-bond acceptors (Lipinski definition) is 4. The van der Waals surface area contributed by atoms with Gasteiger partial charge < -0.3 is 4.90 Å². The smallest absolute Gasteiger partial charge is 0.279 e. The number of likely N-dealkylation sites (tertiary alicyclic amines) is 1. The van der Waals surface area contributed by atoms with E-state index in [9.17, 15) is 8.42 Å². The SMILES string of the molecule is CN1CCC(NS(=O)(=O)N2CCN(Cc3ccccc3)CC2)CC1. The van der Waals surface area contributed by atoms with Gasteiger partial charge in [0.15, 0.2) is 0 Å². The van der Waals surface area contributed by atoms with Crippen LogP contribution in [0.4, 0.5) is 0 Å². The van der Waals surface area contributed by atoms with Gasteiger partial charge in [0.1, 0.15) is 0 Å². The lowest BCUT2D eigenvalue weighted by Crippen LogP contribution is -2.54. The molecule has 2 aliphatic heterocycles. The minimum atomic E-state index is -3.36. The second-order valence-electron chi connectivity index (χ2n) is 6.86. The lowest BCUT2D eigenvalue weighted by Gasteiger charge is -2.36. The highest BCUT2D eigenvalue weighted by atomic mass is 32.2. The summed E-state index contributed by atoms with van der Waals surface area (Å²) in [5.74, 6) is 0. The summed E-state index contributed by atoms with van der Waals surface area (Å²) in [4.78, 5) is 4.56. The van der Waals surface area contributed by atoms with E-state index in [4.69, 9.17) is 0 Å². The maximum absolute atomic E-state index is 12.6. The first-order valence-electron chi connectivity index (χ1n) is 8.75. The average Bonchev–Trinajstić information content (AvgIpc) is 2.58. The Bertz CT molecular complexity index is 607. The maximum atomic E-state index is 12.6. The number of piperidine rings is 1. The number of nitrogens with one attached hydrogen (secondary N) is 1. The van der Waals surface area contributed by atoms with Gasteiger partial charge in [0, 0.05) is 38.8 Å². The van der Waals surface area contributed by atoms with Gasteiger partial charge in [0.05, 0.1) is 0 Å². The molecule has 6 nitrogen and oxygen atoms in total. The molecule has 0 atom stereocenters. The van der Waals surface area contributed by atoms with Crippen LogP contribution in [0, 0.1) is 0 Å². The van der Waals surface area contributed by atoms with Gasteiger partial charge >= 0.3 is 0 Å². The van der Waals surface area contributed by atoms with E-state index in [1.807, 2.05) is 18.2 Å². The molecule has 0 bridgehead atoms. The summed E-state index contributed by atoms with van der Waals surface area (Å²) >= 11 is 0. The van der Waals surface area contributed by atoms with Crippen molar-refractivity contribution in [2.45, 2.75) is 25.4 Å². The zero-order valence-corrected chi connectivity index (χ0v) is 15.2. The molecule has 0 spiro atoms. The van der Waals surface area contributed by atoms with Crippen LogP contribution in [0.25, 0.3) is 0 Å². The Morgan fingerprint density at radius 1 is 1.00 bits per heavy atom. The second kappa shape index (κ2) is 7.93. The fraction of sp³-hybridized carbons (Fsp3) is 0.647. The minimum Gasteiger partial charge on any atom is -0.306 e. The van der Waals surface area contributed by atoms with Crippen LogP contribution in [0.2, 0.25) is 0 Å². The summed E-state index contributed by atoms with van der Waals surface area (Å²) in [6.07, 6.45) is 1.79. The van der Waals surface area contributed by atoms with Gasteiger partial charge in [-0.1, -0.05) is 30.3 Å². The van der Waals surface area contributed by atoms with Gasteiger partial charge in [0.2, 0.25) is 0 Å². The first kappa shape index (κ1) is 17.8. The molecule has 0 aromatic heterocycles. The predicted molar refractivity (Wildman–Crippen MR) is 95.9 cm³/mol. The largest absolute Gasteiger partial charge is 0.306 e. The molecule has 2 fully saturated rings. The van der Waals surface area contributed by atoms with Crippen LogP contribution in [-0.2, 0) is 16.8 Å². The van der Waals surface area contributed by atoms with Gasteiger partial charge in [-0.3, -0.25) is 4.90 Å². The standard InChI is InChI=1S/C17H28N4O2S/c1-19-9-7-17(8-10-19)18-24(22,23)21-13-11-20(12-14-21)15-16-5-3-2-4-6-16/h2-6,17-18H,7-15H2,1H3. The van der Waals surface area contributed by atoms with E-state index in [1.165, 1.54) is 5.56 Å². The van der Waals surface area contributed by atoms with Crippen LogP contribution in [0.3, 0.4) is 0 Å². The summed E-state index contributed by atoms with van der Waals surface area (Å²) in [6, 6.07) is 10.4. The van der Waals surface area contributed by atoms with Crippen LogP contribution in [0.5, 0.6) is 0 Å². The fourth-order valence-corrected chi connectivity index (χ4v) is 4.83. The normalized spacial score (nSPS) is 22.7. The number of rotatable bonds is 5. The molecule has 2 heterocycles. The van der Waals surface area contributed by atoms with Crippen molar-refractivity contribution >= 4 is 10.2 Å². The molecule has 1 N–H and O–H groups in total. The van der Waals surface area contributed by atoms with E-state index >= 15 is 0 Å². The van der Waals surface area contributed by atoms with E-state index in [-0.39, 0.29) is 6.04 Å². The quantitative estimate of drug-likeness (QED) is 0.849. The van der Waals surface area contributed by atoms with Crippen molar-refractivity contribution in [1.82, 2.24) is 18.8 Å². The highest BCUT2D eigenvalue weighted by molar-refractivity contribution is 7.87. The molecule has 0 aliphatic carbocycles. The molecular formula is C17H28N4O2S. The predicted octanol–water partition coefficient (Wildman–Crippen LogP) is 0.733. The van der Waals surface area contributed by atoms with Gasteiger partial charge in [-0.2, -0.15) is 17.4 Å². The summed E-state index contributed by atoms with van der Waals surface area (Å²) in [5.41, 5.74) is 1.28. The Morgan fingerprint density at radius 3 is 2.25 bits per heavy atom. The molecule has 1 aromatic carbocycles. The zero-order chi connectivity index (χ0) is 17.0. The van der Waals surface area contributed by atoms with Gasteiger partial charge in [-0.25, -0.2) is 0 Å². The molecule has 3 rings (SSSR count). The Balaban J connectivity index is 1.48. The molecule has 0 saturated carbocycles.